The normalized spacial score (nSPS) is 16.8. The Morgan fingerprint density at radius 1 is 1.19 bits per heavy atom. The summed E-state index contributed by atoms with van der Waals surface area (Å²) in [6, 6.07) is 12.6. The Morgan fingerprint density at radius 3 is 2.69 bits per heavy atom. The molecule has 1 aliphatic rings. The van der Waals surface area contributed by atoms with E-state index >= 15 is 0 Å². The molecule has 0 spiro atoms. The molecule has 0 aliphatic carbocycles. The summed E-state index contributed by atoms with van der Waals surface area (Å²) < 4.78 is 18.2. The van der Waals surface area contributed by atoms with Crippen LogP contribution in [-0.4, -0.2) is 36.9 Å². The minimum atomic E-state index is -0.379. The van der Waals surface area contributed by atoms with Crippen molar-refractivity contribution < 1.29 is 18.7 Å². The van der Waals surface area contributed by atoms with Crippen LogP contribution in [0, 0.1) is 11.7 Å². The maximum atomic E-state index is 13.0. The lowest BCUT2D eigenvalue weighted by Crippen LogP contribution is -2.43. The number of nitrogens with one attached hydrogen (secondary N) is 1. The minimum absolute atomic E-state index is 0.116. The van der Waals surface area contributed by atoms with Gasteiger partial charge in [0, 0.05) is 30.4 Å². The molecular formula is C20H21FN2O3. The Balaban J connectivity index is 1.64. The third kappa shape index (κ3) is 4.20. The number of benzene rings is 2. The number of hydrogen-bond acceptors (Lipinski definition) is 3. The van der Waals surface area contributed by atoms with Gasteiger partial charge in [-0.3, -0.25) is 9.59 Å². The van der Waals surface area contributed by atoms with Crippen molar-refractivity contribution in [1.82, 2.24) is 4.90 Å². The number of amides is 2. The summed E-state index contributed by atoms with van der Waals surface area (Å²) in [5.74, 6) is -0.284. The second-order valence-electron chi connectivity index (χ2n) is 6.32. The average molecular weight is 356 g/mol. The maximum absolute atomic E-state index is 13.0. The summed E-state index contributed by atoms with van der Waals surface area (Å²) in [4.78, 5) is 26.8. The van der Waals surface area contributed by atoms with E-state index in [9.17, 15) is 14.0 Å². The highest BCUT2D eigenvalue weighted by atomic mass is 19.1. The smallest absolute Gasteiger partial charge is 0.253 e. The van der Waals surface area contributed by atoms with Crippen molar-refractivity contribution in [3.8, 4) is 5.75 Å². The van der Waals surface area contributed by atoms with Gasteiger partial charge < -0.3 is 15.0 Å². The first-order valence-corrected chi connectivity index (χ1v) is 8.56. The van der Waals surface area contributed by atoms with Crippen LogP contribution in [0.2, 0.25) is 0 Å². The molecule has 1 atom stereocenters. The molecule has 0 unspecified atom stereocenters. The molecule has 0 saturated carbocycles. The molecule has 0 aromatic heterocycles. The van der Waals surface area contributed by atoms with Gasteiger partial charge in [-0.05, 0) is 49.2 Å². The molecule has 1 fully saturated rings. The third-order valence-electron chi connectivity index (χ3n) is 4.51. The van der Waals surface area contributed by atoms with Crippen molar-refractivity contribution in [3.05, 3.63) is 59.9 Å². The third-order valence-corrected chi connectivity index (χ3v) is 4.51. The lowest BCUT2D eigenvalue weighted by molar-refractivity contribution is -0.121. The Hall–Kier alpha value is -2.89. The van der Waals surface area contributed by atoms with Crippen molar-refractivity contribution in [2.75, 3.05) is 25.5 Å². The van der Waals surface area contributed by atoms with Crippen LogP contribution < -0.4 is 10.1 Å². The molecule has 2 aromatic rings. The summed E-state index contributed by atoms with van der Waals surface area (Å²) >= 11 is 0. The van der Waals surface area contributed by atoms with E-state index in [4.69, 9.17) is 4.74 Å². The summed E-state index contributed by atoms with van der Waals surface area (Å²) in [6.45, 7) is 0.950. The molecule has 1 saturated heterocycles. The zero-order valence-electron chi connectivity index (χ0n) is 14.6. The quantitative estimate of drug-likeness (QED) is 0.914. The number of anilines is 1. The number of likely N-dealkylation sites (tertiary alicyclic amines) is 1. The fraction of sp³-hybridized carbons (Fsp3) is 0.300. The van der Waals surface area contributed by atoms with E-state index in [1.165, 1.54) is 24.3 Å². The number of piperidine rings is 1. The molecule has 1 heterocycles. The van der Waals surface area contributed by atoms with Gasteiger partial charge >= 0.3 is 0 Å². The summed E-state index contributed by atoms with van der Waals surface area (Å²) in [5, 5.41) is 2.89. The van der Waals surface area contributed by atoms with Crippen molar-refractivity contribution in [1.29, 1.82) is 0 Å². The molecular weight excluding hydrogens is 335 g/mol. The first-order valence-electron chi connectivity index (χ1n) is 8.56. The Kier molecular flexibility index (Phi) is 5.51. The Labute approximate surface area is 151 Å². The SMILES string of the molecule is COc1cccc(NC(=O)[C@@H]2CCCN(C(=O)c3ccc(F)cc3)C2)c1. The Morgan fingerprint density at radius 2 is 1.96 bits per heavy atom. The lowest BCUT2D eigenvalue weighted by Gasteiger charge is -2.32. The van der Waals surface area contributed by atoms with Crippen molar-refractivity contribution in [2.45, 2.75) is 12.8 Å². The molecule has 1 aliphatic heterocycles. The summed E-state index contributed by atoms with van der Waals surface area (Å²) in [7, 11) is 1.57. The first-order chi connectivity index (χ1) is 12.6. The van der Waals surface area contributed by atoms with Crippen LogP contribution in [0.1, 0.15) is 23.2 Å². The molecule has 2 amide bonds. The van der Waals surface area contributed by atoms with Crippen molar-refractivity contribution >= 4 is 17.5 Å². The average Bonchev–Trinajstić information content (AvgIpc) is 2.68. The first kappa shape index (κ1) is 17.9. The minimum Gasteiger partial charge on any atom is -0.497 e. The largest absolute Gasteiger partial charge is 0.497 e. The highest BCUT2D eigenvalue weighted by molar-refractivity contribution is 5.96. The van der Waals surface area contributed by atoms with Gasteiger partial charge in [0.15, 0.2) is 0 Å². The van der Waals surface area contributed by atoms with E-state index < -0.39 is 0 Å². The molecule has 0 radical (unpaired) electrons. The number of carbonyl (C=O) groups excluding carboxylic acids is 2. The zero-order chi connectivity index (χ0) is 18.5. The van der Waals surface area contributed by atoms with Crippen LogP contribution >= 0.6 is 0 Å². The molecule has 3 rings (SSSR count). The number of ether oxygens (including phenoxy) is 1. The van der Waals surface area contributed by atoms with Crippen LogP contribution in [0.4, 0.5) is 10.1 Å². The van der Waals surface area contributed by atoms with E-state index in [0.29, 0.717) is 30.1 Å². The van der Waals surface area contributed by atoms with E-state index in [-0.39, 0.29) is 23.5 Å². The monoisotopic (exact) mass is 356 g/mol. The number of nitrogens with zero attached hydrogens (tertiary/aromatic N) is 1. The van der Waals surface area contributed by atoms with Gasteiger partial charge in [0.1, 0.15) is 11.6 Å². The Bertz CT molecular complexity index is 792. The van der Waals surface area contributed by atoms with E-state index in [0.717, 1.165) is 12.8 Å². The van der Waals surface area contributed by atoms with E-state index in [1.807, 2.05) is 0 Å². The van der Waals surface area contributed by atoms with Gasteiger partial charge in [0.2, 0.25) is 5.91 Å². The van der Waals surface area contributed by atoms with Gasteiger partial charge in [-0.2, -0.15) is 0 Å². The second-order valence-corrected chi connectivity index (χ2v) is 6.32. The summed E-state index contributed by atoms with van der Waals surface area (Å²) in [6.07, 6.45) is 1.48. The van der Waals surface area contributed by atoms with Gasteiger partial charge in [-0.15, -0.1) is 0 Å². The highest BCUT2D eigenvalue weighted by Crippen LogP contribution is 2.22. The number of hydrogen-bond donors (Lipinski definition) is 1. The molecule has 6 heteroatoms. The fourth-order valence-electron chi connectivity index (χ4n) is 3.10. The van der Waals surface area contributed by atoms with Crippen LogP contribution in [0.15, 0.2) is 48.5 Å². The maximum Gasteiger partial charge on any atom is 0.253 e. The lowest BCUT2D eigenvalue weighted by atomic mass is 9.96. The fourth-order valence-corrected chi connectivity index (χ4v) is 3.10. The zero-order valence-corrected chi connectivity index (χ0v) is 14.6. The van der Waals surface area contributed by atoms with Gasteiger partial charge in [0.25, 0.3) is 5.91 Å². The van der Waals surface area contributed by atoms with E-state index in [2.05, 4.69) is 5.32 Å². The van der Waals surface area contributed by atoms with Crippen LogP contribution in [0.25, 0.3) is 0 Å². The second kappa shape index (κ2) is 7.99. The molecule has 5 nitrogen and oxygen atoms in total. The topological polar surface area (TPSA) is 58.6 Å². The van der Waals surface area contributed by atoms with Gasteiger partial charge in [-0.1, -0.05) is 6.07 Å². The molecule has 1 N–H and O–H groups in total. The summed E-state index contributed by atoms with van der Waals surface area (Å²) in [5.41, 5.74) is 1.09. The molecule has 26 heavy (non-hydrogen) atoms. The number of carbonyl (C=O) groups is 2. The van der Waals surface area contributed by atoms with Gasteiger partial charge in [-0.25, -0.2) is 4.39 Å². The molecule has 2 aromatic carbocycles. The van der Waals surface area contributed by atoms with Crippen LogP contribution in [0.5, 0.6) is 5.75 Å². The number of halogens is 1. The van der Waals surface area contributed by atoms with Crippen molar-refractivity contribution in [3.63, 3.8) is 0 Å². The predicted molar refractivity (Wildman–Crippen MR) is 96.7 cm³/mol. The van der Waals surface area contributed by atoms with Gasteiger partial charge in [0.05, 0.1) is 13.0 Å². The van der Waals surface area contributed by atoms with Crippen molar-refractivity contribution in [2.24, 2.45) is 5.92 Å². The van der Waals surface area contributed by atoms with Crippen LogP contribution in [-0.2, 0) is 4.79 Å². The predicted octanol–water partition coefficient (Wildman–Crippen LogP) is 3.33. The standard InChI is InChI=1S/C20H21FN2O3/c1-26-18-6-2-5-17(12-18)22-19(24)15-4-3-11-23(13-15)20(25)14-7-9-16(21)10-8-14/h2,5-10,12,15H,3-4,11,13H2,1H3,(H,22,24)/t15-/m1/s1. The number of rotatable bonds is 4. The van der Waals surface area contributed by atoms with E-state index in [1.54, 1.807) is 36.3 Å². The highest BCUT2D eigenvalue weighted by Gasteiger charge is 2.29. The van der Waals surface area contributed by atoms with Crippen LogP contribution in [0.3, 0.4) is 0 Å². The molecule has 0 bridgehead atoms. The number of methoxy groups -OCH3 is 1. The molecule has 136 valence electrons.